The summed E-state index contributed by atoms with van der Waals surface area (Å²) in [6.07, 6.45) is 10.2. The van der Waals surface area contributed by atoms with Crippen molar-refractivity contribution in [3.8, 4) is 0 Å². The van der Waals surface area contributed by atoms with Crippen LogP contribution in [0, 0.1) is 5.92 Å². The van der Waals surface area contributed by atoms with Crippen LogP contribution in [0.3, 0.4) is 0 Å². The molecule has 1 aromatic rings. The van der Waals surface area contributed by atoms with E-state index in [9.17, 15) is 0 Å². The van der Waals surface area contributed by atoms with Crippen LogP contribution in [0.5, 0.6) is 0 Å². The summed E-state index contributed by atoms with van der Waals surface area (Å²) in [6.45, 7) is 11.4. The van der Waals surface area contributed by atoms with E-state index in [1.165, 1.54) is 56.1 Å². The summed E-state index contributed by atoms with van der Waals surface area (Å²) in [6, 6.07) is 9.22. The Morgan fingerprint density at radius 3 is 2.12 bits per heavy atom. The van der Waals surface area contributed by atoms with Gasteiger partial charge in [-0.2, -0.15) is 0 Å². The molecule has 2 unspecified atom stereocenters. The minimum Gasteiger partial charge on any atom is -0.379 e. The van der Waals surface area contributed by atoms with E-state index in [1.54, 1.807) is 0 Å². The Balaban J connectivity index is 2.16. The lowest BCUT2D eigenvalue weighted by Crippen LogP contribution is -2.26. The van der Waals surface area contributed by atoms with Gasteiger partial charge >= 0.3 is 0 Å². The third kappa shape index (κ3) is 7.83. The van der Waals surface area contributed by atoms with Gasteiger partial charge in [-0.25, -0.2) is 0 Å². The van der Waals surface area contributed by atoms with Crippen LogP contribution in [-0.4, -0.2) is 12.7 Å². The van der Waals surface area contributed by atoms with E-state index >= 15 is 0 Å². The van der Waals surface area contributed by atoms with Crippen molar-refractivity contribution in [3.63, 3.8) is 0 Å². The van der Waals surface area contributed by atoms with Gasteiger partial charge in [0.05, 0.1) is 5.60 Å². The molecule has 24 heavy (non-hydrogen) atoms. The number of rotatable bonds is 12. The number of hydrogen-bond acceptors (Lipinski definition) is 1. The molecule has 0 heterocycles. The summed E-state index contributed by atoms with van der Waals surface area (Å²) in [5, 5.41) is 0. The molecule has 2 atom stereocenters. The van der Waals surface area contributed by atoms with Gasteiger partial charge in [0.15, 0.2) is 0 Å². The van der Waals surface area contributed by atoms with Crippen molar-refractivity contribution >= 4 is 0 Å². The normalized spacial score (nSPS) is 15.5. The summed E-state index contributed by atoms with van der Waals surface area (Å²) < 4.78 is 5.64. The second-order valence-electron chi connectivity index (χ2n) is 8.15. The van der Waals surface area contributed by atoms with Crippen LogP contribution in [0.1, 0.15) is 96.6 Å². The van der Waals surface area contributed by atoms with Crippen LogP contribution in [0.2, 0.25) is 0 Å². The molecule has 1 aromatic carbocycles. The fourth-order valence-electron chi connectivity index (χ4n) is 3.28. The van der Waals surface area contributed by atoms with Crippen LogP contribution >= 0.6 is 0 Å². The highest BCUT2D eigenvalue weighted by Crippen LogP contribution is 2.24. The van der Waals surface area contributed by atoms with Crippen molar-refractivity contribution in [2.75, 3.05) is 7.11 Å². The molecular weight excluding hydrogens is 292 g/mol. The maximum Gasteiger partial charge on any atom is 0.0648 e. The summed E-state index contributed by atoms with van der Waals surface area (Å²) in [4.78, 5) is 0. The lowest BCUT2D eigenvalue weighted by molar-refractivity contribution is -0.00682. The van der Waals surface area contributed by atoms with Gasteiger partial charge in [0, 0.05) is 7.11 Å². The molecule has 0 aliphatic heterocycles. The van der Waals surface area contributed by atoms with Gasteiger partial charge < -0.3 is 4.74 Å². The predicted molar refractivity (Wildman–Crippen MR) is 107 cm³/mol. The van der Waals surface area contributed by atoms with E-state index in [-0.39, 0.29) is 5.60 Å². The average Bonchev–Trinajstić information content (AvgIpc) is 2.59. The van der Waals surface area contributed by atoms with E-state index < -0.39 is 0 Å². The smallest absolute Gasteiger partial charge is 0.0648 e. The predicted octanol–water partition coefficient (Wildman–Crippen LogP) is 7.14. The minimum absolute atomic E-state index is 0.0852. The quantitative estimate of drug-likeness (QED) is 0.369. The van der Waals surface area contributed by atoms with Crippen LogP contribution < -0.4 is 0 Å². The first-order valence-corrected chi connectivity index (χ1v) is 10.0. The van der Waals surface area contributed by atoms with Crippen molar-refractivity contribution in [1.82, 2.24) is 0 Å². The van der Waals surface area contributed by atoms with Crippen molar-refractivity contribution in [1.29, 1.82) is 0 Å². The molecule has 1 heteroatoms. The van der Waals surface area contributed by atoms with Gasteiger partial charge in [0.2, 0.25) is 0 Å². The Labute approximate surface area is 151 Å². The second kappa shape index (κ2) is 10.9. The Morgan fingerprint density at radius 2 is 1.58 bits per heavy atom. The first-order chi connectivity index (χ1) is 11.4. The molecule has 1 nitrogen and oxygen atoms in total. The molecule has 0 saturated heterocycles. The van der Waals surface area contributed by atoms with Gasteiger partial charge in [0.25, 0.3) is 0 Å². The van der Waals surface area contributed by atoms with Gasteiger partial charge in [0.1, 0.15) is 0 Å². The highest BCUT2D eigenvalue weighted by molar-refractivity contribution is 5.24. The van der Waals surface area contributed by atoms with E-state index in [4.69, 9.17) is 4.74 Å². The fraction of sp³-hybridized carbons (Fsp3) is 0.739. The molecule has 1 rings (SSSR count). The third-order valence-electron chi connectivity index (χ3n) is 5.70. The van der Waals surface area contributed by atoms with E-state index in [0.29, 0.717) is 5.92 Å². The molecule has 0 spiro atoms. The van der Waals surface area contributed by atoms with Crippen molar-refractivity contribution < 1.29 is 4.74 Å². The standard InChI is InChI=1S/C23H40O/c1-7-23(5,24-6)18-10-12-20(4)11-8-9-13-21-14-16-22(17-15-21)19(2)3/h14-17,19-20H,7-13,18H2,1-6H3. The number of benzene rings is 1. The van der Waals surface area contributed by atoms with Gasteiger partial charge in [-0.05, 0) is 55.6 Å². The number of hydrogen-bond donors (Lipinski definition) is 0. The van der Waals surface area contributed by atoms with E-state index in [1.807, 2.05) is 7.11 Å². The van der Waals surface area contributed by atoms with Crippen LogP contribution in [0.25, 0.3) is 0 Å². The average molecular weight is 333 g/mol. The maximum atomic E-state index is 5.64. The van der Waals surface area contributed by atoms with Crippen molar-refractivity contribution in [3.05, 3.63) is 35.4 Å². The second-order valence-corrected chi connectivity index (χ2v) is 8.15. The van der Waals surface area contributed by atoms with Gasteiger partial charge in [-0.3, -0.25) is 0 Å². The van der Waals surface area contributed by atoms with Crippen LogP contribution in [-0.2, 0) is 11.2 Å². The molecule has 0 amide bonds. The summed E-state index contributed by atoms with van der Waals surface area (Å²) >= 11 is 0. The fourth-order valence-corrected chi connectivity index (χ4v) is 3.28. The van der Waals surface area contributed by atoms with E-state index in [0.717, 1.165) is 12.3 Å². The Bertz CT molecular complexity index is 428. The van der Waals surface area contributed by atoms with E-state index in [2.05, 4.69) is 58.9 Å². The van der Waals surface area contributed by atoms with Crippen LogP contribution in [0.15, 0.2) is 24.3 Å². The Hall–Kier alpha value is -0.820. The first-order valence-electron chi connectivity index (χ1n) is 10.0. The highest BCUT2D eigenvalue weighted by Gasteiger charge is 2.20. The number of ether oxygens (including phenoxy) is 1. The molecule has 0 fully saturated rings. The minimum atomic E-state index is 0.0852. The number of unbranched alkanes of at least 4 members (excludes halogenated alkanes) is 1. The lowest BCUT2D eigenvalue weighted by atomic mass is 9.91. The largest absolute Gasteiger partial charge is 0.379 e. The molecule has 0 bridgehead atoms. The Morgan fingerprint density at radius 1 is 0.958 bits per heavy atom. The monoisotopic (exact) mass is 332 g/mol. The zero-order valence-electron chi connectivity index (χ0n) is 17.0. The SMILES string of the molecule is CCC(C)(CCCC(C)CCCCc1ccc(C(C)C)cc1)OC. The summed E-state index contributed by atoms with van der Waals surface area (Å²) in [5.41, 5.74) is 3.02. The van der Waals surface area contributed by atoms with Gasteiger partial charge in [-0.1, -0.05) is 77.6 Å². The molecule has 0 saturated carbocycles. The molecule has 0 aliphatic carbocycles. The molecule has 138 valence electrons. The lowest BCUT2D eigenvalue weighted by Gasteiger charge is -2.27. The molecule has 0 aromatic heterocycles. The Kier molecular flexibility index (Phi) is 9.66. The third-order valence-corrected chi connectivity index (χ3v) is 5.70. The van der Waals surface area contributed by atoms with Crippen molar-refractivity contribution in [2.24, 2.45) is 5.92 Å². The van der Waals surface area contributed by atoms with Gasteiger partial charge in [-0.15, -0.1) is 0 Å². The summed E-state index contributed by atoms with van der Waals surface area (Å²) in [5.74, 6) is 1.47. The molecule has 0 N–H and O–H groups in total. The maximum absolute atomic E-state index is 5.64. The van der Waals surface area contributed by atoms with Crippen LogP contribution in [0.4, 0.5) is 0 Å². The topological polar surface area (TPSA) is 9.23 Å². The zero-order chi connectivity index (χ0) is 18.0. The number of methoxy groups -OCH3 is 1. The first kappa shape index (κ1) is 21.2. The number of aryl methyl sites for hydroxylation is 1. The molecule has 0 aliphatic rings. The molecular formula is C23H40O. The molecule has 0 radical (unpaired) electrons. The highest BCUT2D eigenvalue weighted by atomic mass is 16.5. The van der Waals surface area contributed by atoms with Crippen molar-refractivity contribution in [2.45, 2.75) is 97.5 Å². The zero-order valence-corrected chi connectivity index (χ0v) is 17.0. The summed E-state index contributed by atoms with van der Waals surface area (Å²) in [7, 11) is 1.85.